The number of halogens is 1. The molecule has 0 aliphatic rings. The Labute approximate surface area is 104 Å². The molecule has 17 heavy (non-hydrogen) atoms. The van der Waals surface area contributed by atoms with Gasteiger partial charge in [-0.15, -0.1) is 0 Å². The molecule has 0 amide bonds. The topological polar surface area (TPSA) is 91.4 Å². The van der Waals surface area contributed by atoms with Crippen LogP contribution in [-0.4, -0.2) is 17.1 Å². The standard InChI is InChI=1S/C10H13ClN4O2/c1-7(16)17-15(10(12)13)14-6-8-2-4-9(11)5-3-8/h2-5,14H,6H2,1H3,(H3,12,13). The summed E-state index contributed by atoms with van der Waals surface area (Å²) in [5, 5.41) is 8.63. The van der Waals surface area contributed by atoms with Crippen molar-refractivity contribution in [2.24, 2.45) is 5.73 Å². The molecule has 0 aromatic heterocycles. The first-order valence-electron chi connectivity index (χ1n) is 4.79. The SMILES string of the molecule is CC(=O)ON(NCc1ccc(Cl)cc1)C(=N)N. The minimum Gasteiger partial charge on any atom is -0.366 e. The lowest BCUT2D eigenvalue weighted by Crippen LogP contribution is -2.46. The molecule has 0 atom stereocenters. The summed E-state index contributed by atoms with van der Waals surface area (Å²) >= 11 is 5.74. The third kappa shape index (κ3) is 4.71. The summed E-state index contributed by atoms with van der Waals surface area (Å²) in [4.78, 5) is 15.4. The Bertz CT molecular complexity index is 407. The van der Waals surface area contributed by atoms with Gasteiger partial charge in [0.1, 0.15) is 0 Å². The van der Waals surface area contributed by atoms with E-state index in [1.807, 2.05) is 0 Å². The second kappa shape index (κ2) is 6.07. The largest absolute Gasteiger partial charge is 0.366 e. The van der Waals surface area contributed by atoms with Crippen LogP contribution in [0.25, 0.3) is 0 Å². The summed E-state index contributed by atoms with van der Waals surface area (Å²) in [5.41, 5.74) is 8.82. The molecule has 0 fully saturated rings. The van der Waals surface area contributed by atoms with Crippen LogP contribution in [0.2, 0.25) is 5.02 Å². The van der Waals surface area contributed by atoms with Crippen LogP contribution in [0.3, 0.4) is 0 Å². The number of nitrogens with one attached hydrogen (secondary N) is 2. The van der Waals surface area contributed by atoms with Crippen molar-refractivity contribution in [2.75, 3.05) is 0 Å². The zero-order valence-corrected chi connectivity index (χ0v) is 9.99. The van der Waals surface area contributed by atoms with E-state index in [4.69, 9.17) is 22.7 Å². The number of guanidine groups is 1. The predicted octanol–water partition coefficient (Wildman–Crippen LogP) is 1.02. The summed E-state index contributed by atoms with van der Waals surface area (Å²) in [5.74, 6) is -0.974. The number of hydrazine groups is 1. The van der Waals surface area contributed by atoms with Crippen LogP contribution < -0.4 is 11.2 Å². The van der Waals surface area contributed by atoms with Crippen molar-refractivity contribution in [2.45, 2.75) is 13.5 Å². The Kier molecular flexibility index (Phi) is 4.74. The lowest BCUT2D eigenvalue weighted by molar-refractivity contribution is -0.181. The fourth-order valence-electron chi connectivity index (χ4n) is 1.06. The molecule has 1 rings (SSSR count). The predicted molar refractivity (Wildman–Crippen MR) is 63.8 cm³/mol. The zero-order chi connectivity index (χ0) is 12.8. The van der Waals surface area contributed by atoms with Gasteiger partial charge in [0.2, 0.25) is 5.96 Å². The summed E-state index contributed by atoms with van der Waals surface area (Å²) in [6, 6.07) is 7.09. The fraction of sp³-hybridized carbons (Fsp3) is 0.200. The summed E-state index contributed by atoms with van der Waals surface area (Å²) in [6.45, 7) is 1.57. The number of nitrogens with zero attached hydrogens (tertiary/aromatic N) is 1. The number of benzene rings is 1. The van der Waals surface area contributed by atoms with Crippen LogP contribution in [0.4, 0.5) is 0 Å². The van der Waals surface area contributed by atoms with E-state index in [0.717, 1.165) is 10.7 Å². The quantitative estimate of drug-likeness (QED) is 0.427. The molecule has 4 N–H and O–H groups in total. The van der Waals surface area contributed by atoms with Crippen molar-refractivity contribution in [3.05, 3.63) is 34.9 Å². The molecule has 0 aliphatic carbocycles. The molecular formula is C10H13ClN4O2. The van der Waals surface area contributed by atoms with Gasteiger partial charge in [0, 0.05) is 18.5 Å². The molecule has 7 heteroatoms. The minimum absolute atomic E-state index is 0.351. The smallest absolute Gasteiger partial charge is 0.331 e. The average molecular weight is 257 g/mol. The van der Waals surface area contributed by atoms with E-state index in [1.54, 1.807) is 24.3 Å². The first-order chi connectivity index (χ1) is 7.99. The van der Waals surface area contributed by atoms with E-state index in [9.17, 15) is 4.79 Å². The number of hydroxylamine groups is 1. The number of carbonyl (C=O) groups is 1. The summed E-state index contributed by atoms with van der Waals surface area (Å²) in [7, 11) is 0. The maximum absolute atomic E-state index is 10.7. The zero-order valence-electron chi connectivity index (χ0n) is 9.24. The van der Waals surface area contributed by atoms with E-state index in [0.29, 0.717) is 11.6 Å². The minimum atomic E-state index is -0.566. The lowest BCUT2D eigenvalue weighted by atomic mass is 10.2. The van der Waals surface area contributed by atoms with Crippen molar-refractivity contribution in [3.63, 3.8) is 0 Å². The number of rotatable bonds is 3. The highest BCUT2D eigenvalue weighted by Gasteiger charge is 2.09. The van der Waals surface area contributed by atoms with Gasteiger partial charge in [-0.05, 0) is 17.7 Å². The van der Waals surface area contributed by atoms with Crippen LogP contribution in [0.5, 0.6) is 0 Å². The van der Waals surface area contributed by atoms with Crippen LogP contribution >= 0.6 is 11.6 Å². The molecule has 0 spiro atoms. The maximum Gasteiger partial charge on any atom is 0.331 e. The van der Waals surface area contributed by atoms with Crippen molar-refractivity contribution in [1.82, 2.24) is 10.6 Å². The van der Waals surface area contributed by atoms with Gasteiger partial charge >= 0.3 is 5.97 Å². The fourth-order valence-corrected chi connectivity index (χ4v) is 1.19. The van der Waals surface area contributed by atoms with Crippen LogP contribution in [-0.2, 0) is 16.2 Å². The normalized spacial score (nSPS) is 9.76. The number of nitrogens with two attached hydrogens (primary N) is 1. The molecule has 0 saturated carbocycles. The van der Waals surface area contributed by atoms with Gasteiger partial charge in [-0.2, -0.15) is 5.43 Å². The molecule has 0 radical (unpaired) electrons. The monoisotopic (exact) mass is 256 g/mol. The third-order valence-corrected chi connectivity index (χ3v) is 2.03. The molecule has 6 nitrogen and oxygen atoms in total. The highest BCUT2D eigenvalue weighted by atomic mass is 35.5. The van der Waals surface area contributed by atoms with E-state index in [1.165, 1.54) is 6.92 Å². The Balaban J connectivity index is 2.54. The lowest BCUT2D eigenvalue weighted by Gasteiger charge is -2.20. The summed E-state index contributed by atoms with van der Waals surface area (Å²) in [6.07, 6.45) is 0. The van der Waals surface area contributed by atoms with Crippen LogP contribution in [0, 0.1) is 5.41 Å². The van der Waals surface area contributed by atoms with Crippen molar-refractivity contribution >= 4 is 23.5 Å². The molecule has 1 aromatic rings. The second-order valence-corrected chi connectivity index (χ2v) is 3.66. The first-order valence-corrected chi connectivity index (χ1v) is 5.17. The van der Waals surface area contributed by atoms with Crippen molar-refractivity contribution in [3.8, 4) is 0 Å². The highest BCUT2D eigenvalue weighted by Crippen LogP contribution is 2.09. The van der Waals surface area contributed by atoms with E-state index < -0.39 is 11.9 Å². The molecular weight excluding hydrogens is 244 g/mol. The van der Waals surface area contributed by atoms with Crippen molar-refractivity contribution < 1.29 is 9.63 Å². The third-order valence-electron chi connectivity index (χ3n) is 1.78. The summed E-state index contributed by atoms with van der Waals surface area (Å²) < 4.78 is 0. The Hall–Kier alpha value is -1.79. The van der Waals surface area contributed by atoms with E-state index >= 15 is 0 Å². The van der Waals surface area contributed by atoms with Gasteiger partial charge in [0.15, 0.2) is 0 Å². The van der Waals surface area contributed by atoms with Crippen LogP contribution in [0.1, 0.15) is 12.5 Å². The Morgan fingerprint density at radius 3 is 2.59 bits per heavy atom. The first kappa shape index (κ1) is 13.3. The van der Waals surface area contributed by atoms with E-state index in [-0.39, 0.29) is 0 Å². The van der Waals surface area contributed by atoms with Crippen LogP contribution in [0.15, 0.2) is 24.3 Å². The second-order valence-electron chi connectivity index (χ2n) is 3.22. The molecule has 1 aromatic carbocycles. The molecule has 0 bridgehead atoms. The number of carbonyl (C=O) groups excluding carboxylic acids is 1. The Morgan fingerprint density at radius 2 is 2.12 bits per heavy atom. The number of hydrogen-bond donors (Lipinski definition) is 3. The Morgan fingerprint density at radius 1 is 1.53 bits per heavy atom. The van der Waals surface area contributed by atoms with Gasteiger partial charge in [-0.1, -0.05) is 28.9 Å². The maximum atomic E-state index is 10.7. The van der Waals surface area contributed by atoms with Gasteiger partial charge in [0.25, 0.3) is 0 Å². The van der Waals surface area contributed by atoms with Gasteiger partial charge in [-0.3, -0.25) is 5.41 Å². The highest BCUT2D eigenvalue weighted by molar-refractivity contribution is 6.30. The van der Waals surface area contributed by atoms with Gasteiger partial charge in [-0.25, -0.2) is 4.79 Å². The van der Waals surface area contributed by atoms with E-state index in [2.05, 4.69) is 10.3 Å². The molecule has 0 heterocycles. The van der Waals surface area contributed by atoms with Crippen molar-refractivity contribution in [1.29, 1.82) is 5.41 Å². The average Bonchev–Trinajstić information content (AvgIpc) is 2.25. The van der Waals surface area contributed by atoms with Gasteiger partial charge in [0.05, 0.1) is 0 Å². The molecule has 0 unspecified atom stereocenters. The molecule has 0 aliphatic heterocycles. The number of hydrogen-bond acceptors (Lipinski definition) is 4. The van der Waals surface area contributed by atoms with Gasteiger partial charge < -0.3 is 10.6 Å². The molecule has 0 saturated heterocycles. The molecule has 92 valence electrons.